The molecule has 0 spiro atoms. The molecule has 0 unspecified atom stereocenters. The summed E-state index contributed by atoms with van der Waals surface area (Å²) in [5.41, 5.74) is 0. The van der Waals surface area contributed by atoms with Crippen LogP contribution in [-0.4, -0.2) is 63.9 Å². The molecule has 0 radical (unpaired) electrons. The number of carboxylic acid groups (broad SMARTS) is 3. The normalized spacial score (nSPS) is 11.8. The van der Waals surface area contributed by atoms with Gasteiger partial charge in [0, 0.05) is 0 Å². The second-order valence-corrected chi connectivity index (χ2v) is 10.8. The summed E-state index contributed by atoms with van der Waals surface area (Å²) in [7, 11) is 0. The van der Waals surface area contributed by atoms with Crippen LogP contribution < -0.4 is 0 Å². The van der Waals surface area contributed by atoms with Crippen molar-refractivity contribution in [3.05, 3.63) is 12.2 Å². The minimum atomic E-state index is -1.17. The molecule has 7 heteroatoms. The SMILES string of the molecule is CCCCCCCCCC/C=C/CCCCCCCCCCCC[N+](CC(=O)O)(CC(=O)O)CC(=O)O. The quantitative estimate of drug-likeness (QED) is 0.0555. The van der Waals surface area contributed by atoms with Gasteiger partial charge in [-0.3, -0.25) is 4.48 Å². The maximum atomic E-state index is 11.2. The smallest absolute Gasteiger partial charge is 0.359 e. The Balaban J connectivity index is 3.66. The Labute approximate surface area is 225 Å². The molecule has 0 heterocycles. The molecule has 37 heavy (non-hydrogen) atoms. The third-order valence-electron chi connectivity index (χ3n) is 7.06. The fourth-order valence-corrected chi connectivity index (χ4v) is 5.02. The first-order valence-electron chi connectivity index (χ1n) is 15.0. The van der Waals surface area contributed by atoms with Crippen molar-refractivity contribution >= 4 is 17.9 Å². The van der Waals surface area contributed by atoms with Crippen LogP contribution >= 0.6 is 0 Å². The van der Waals surface area contributed by atoms with Gasteiger partial charge in [0.1, 0.15) is 0 Å². The standard InChI is InChI=1S/C30H55NO6/c1-2-3-4-5-6-7-8-9-10-11-12-13-14-15-16-17-18-19-20-21-22-23-24-31(25-28(32)33,26-29(34)35)27-30(36)37/h11-12H,2-10,13-27H2,1H3,(H2-,32,33,34,35,36,37)/p+1/b12-11+. The predicted molar refractivity (Wildman–Crippen MR) is 150 cm³/mol. The van der Waals surface area contributed by atoms with Crippen molar-refractivity contribution in [2.75, 3.05) is 26.2 Å². The average molecular weight is 527 g/mol. The van der Waals surface area contributed by atoms with Gasteiger partial charge in [0.25, 0.3) is 0 Å². The third-order valence-corrected chi connectivity index (χ3v) is 7.06. The van der Waals surface area contributed by atoms with Crippen molar-refractivity contribution < 1.29 is 34.2 Å². The lowest BCUT2D eigenvalue weighted by Crippen LogP contribution is -2.57. The zero-order valence-electron chi connectivity index (χ0n) is 23.6. The largest absolute Gasteiger partial charge is 0.477 e. The van der Waals surface area contributed by atoms with Gasteiger partial charge in [-0.2, -0.15) is 0 Å². The molecule has 0 amide bonds. The Morgan fingerprint density at radius 2 is 0.784 bits per heavy atom. The lowest BCUT2D eigenvalue weighted by atomic mass is 10.0. The van der Waals surface area contributed by atoms with E-state index in [4.69, 9.17) is 15.3 Å². The van der Waals surface area contributed by atoms with E-state index in [1.807, 2.05) is 0 Å². The molecule has 0 aromatic rings. The van der Waals surface area contributed by atoms with Gasteiger partial charge < -0.3 is 15.3 Å². The highest BCUT2D eigenvalue weighted by Crippen LogP contribution is 2.15. The Morgan fingerprint density at radius 3 is 1.11 bits per heavy atom. The van der Waals surface area contributed by atoms with E-state index in [0.717, 1.165) is 19.3 Å². The van der Waals surface area contributed by atoms with Crippen molar-refractivity contribution in [3.63, 3.8) is 0 Å². The van der Waals surface area contributed by atoms with Crippen LogP contribution in [0.1, 0.15) is 135 Å². The summed E-state index contributed by atoms with van der Waals surface area (Å²) in [4.78, 5) is 33.6. The highest BCUT2D eigenvalue weighted by molar-refractivity contribution is 5.73. The minimum Gasteiger partial charge on any atom is -0.477 e. The summed E-state index contributed by atoms with van der Waals surface area (Å²) in [6.45, 7) is 1.09. The van der Waals surface area contributed by atoms with Crippen LogP contribution in [0.2, 0.25) is 0 Å². The Kier molecular flexibility index (Phi) is 23.2. The number of rotatable bonds is 28. The molecule has 0 bridgehead atoms. The Hall–Kier alpha value is -1.89. The molecule has 0 rings (SSSR count). The van der Waals surface area contributed by atoms with E-state index >= 15 is 0 Å². The number of carbonyl (C=O) groups is 3. The van der Waals surface area contributed by atoms with Gasteiger partial charge in [-0.1, -0.05) is 109 Å². The second-order valence-electron chi connectivity index (χ2n) is 10.8. The monoisotopic (exact) mass is 526 g/mol. The summed E-state index contributed by atoms with van der Waals surface area (Å²) < 4.78 is -0.436. The first-order valence-corrected chi connectivity index (χ1v) is 15.0. The van der Waals surface area contributed by atoms with Crippen molar-refractivity contribution in [1.29, 1.82) is 0 Å². The summed E-state index contributed by atoms with van der Waals surface area (Å²) >= 11 is 0. The van der Waals surface area contributed by atoms with Gasteiger partial charge in [-0.15, -0.1) is 0 Å². The van der Waals surface area contributed by atoms with E-state index in [-0.39, 0.29) is 6.54 Å². The van der Waals surface area contributed by atoms with Crippen molar-refractivity contribution in [1.82, 2.24) is 0 Å². The van der Waals surface area contributed by atoms with Gasteiger partial charge in [-0.25, -0.2) is 14.4 Å². The lowest BCUT2D eigenvalue weighted by Gasteiger charge is -2.34. The van der Waals surface area contributed by atoms with Crippen LogP contribution in [0.3, 0.4) is 0 Å². The summed E-state index contributed by atoms with van der Waals surface area (Å²) in [5, 5.41) is 27.4. The fourth-order valence-electron chi connectivity index (χ4n) is 5.02. The topological polar surface area (TPSA) is 112 Å². The Morgan fingerprint density at radius 1 is 0.486 bits per heavy atom. The summed E-state index contributed by atoms with van der Waals surface area (Å²) in [6.07, 6.45) is 29.3. The number of unbranched alkanes of at least 4 members (excludes halogenated alkanes) is 18. The maximum Gasteiger partial charge on any atom is 0.359 e. The van der Waals surface area contributed by atoms with Gasteiger partial charge in [0.2, 0.25) is 0 Å². The van der Waals surface area contributed by atoms with Gasteiger partial charge in [0.05, 0.1) is 6.54 Å². The molecule has 7 nitrogen and oxygen atoms in total. The highest BCUT2D eigenvalue weighted by Gasteiger charge is 2.35. The number of quaternary nitrogens is 1. The van der Waals surface area contributed by atoms with E-state index < -0.39 is 42.0 Å². The van der Waals surface area contributed by atoms with Gasteiger partial charge in [0.15, 0.2) is 19.6 Å². The van der Waals surface area contributed by atoms with Gasteiger partial charge >= 0.3 is 17.9 Å². The molecule has 0 aliphatic heterocycles. The fraction of sp³-hybridized carbons (Fsp3) is 0.833. The van der Waals surface area contributed by atoms with E-state index in [1.54, 1.807) is 0 Å². The highest BCUT2D eigenvalue weighted by atomic mass is 16.4. The van der Waals surface area contributed by atoms with Crippen molar-refractivity contribution in [3.8, 4) is 0 Å². The zero-order chi connectivity index (χ0) is 27.6. The molecule has 216 valence electrons. The van der Waals surface area contributed by atoms with E-state index in [9.17, 15) is 14.4 Å². The number of hydrogen-bond acceptors (Lipinski definition) is 3. The average Bonchev–Trinajstić information content (AvgIpc) is 2.81. The molecular weight excluding hydrogens is 470 g/mol. The molecular formula is C30H56NO6+. The van der Waals surface area contributed by atoms with Crippen LogP contribution in [-0.2, 0) is 14.4 Å². The number of carboxylic acids is 3. The molecule has 0 fully saturated rings. The zero-order valence-corrected chi connectivity index (χ0v) is 23.6. The van der Waals surface area contributed by atoms with Crippen LogP contribution in [0.15, 0.2) is 12.2 Å². The molecule has 3 N–H and O–H groups in total. The summed E-state index contributed by atoms with van der Waals surface area (Å²) in [6, 6.07) is 0. The van der Waals surface area contributed by atoms with E-state index in [0.29, 0.717) is 6.42 Å². The first kappa shape index (κ1) is 35.1. The third kappa shape index (κ3) is 24.2. The van der Waals surface area contributed by atoms with Gasteiger partial charge in [-0.05, 0) is 38.5 Å². The number of allylic oxidation sites excluding steroid dienone is 2. The molecule has 0 aliphatic carbocycles. The van der Waals surface area contributed by atoms with E-state index in [2.05, 4.69) is 19.1 Å². The minimum absolute atomic E-state index is 0.262. The van der Waals surface area contributed by atoms with Crippen molar-refractivity contribution in [2.45, 2.75) is 135 Å². The molecule has 0 saturated heterocycles. The Bertz CT molecular complexity index is 578. The molecule has 0 aliphatic rings. The maximum absolute atomic E-state index is 11.2. The molecule has 0 atom stereocenters. The predicted octanol–water partition coefficient (Wildman–Crippen LogP) is 7.44. The number of nitrogens with zero attached hydrogens (tertiary/aromatic N) is 1. The molecule has 0 aromatic carbocycles. The molecule has 0 saturated carbocycles. The first-order chi connectivity index (χ1) is 17.8. The van der Waals surface area contributed by atoms with Crippen LogP contribution in [0.25, 0.3) is 0 Å². The van der Waals surface area contributed by atoms with E-state index in [1.165, 1.54) is 103 Å². The number of aliphatic carboxylic acids is 3. The number of hydrogen-bond donors (Lipinski definition) is 3. The second kappa shape index (κ2) is 24.4. The molecule has 0 aromatic heterocycles. The van der Waals surface area contributed by atoms with Crippen LogP contribution in [0, 0.1) is 0 Å². The summed E-state index contributed by atoms with van der Waals surface area (Å²) in [5.74, 6) is -3.51. The van der Waals surface area contributed by atoms with Crippen molar-refractivity contribution in [2.24, 2.45) is 0 Å². The van der Waals surface area contributed by atoms with Crippen LogP contribution in [0.4, 0.5) is 0 Å². The van der Waals surface area contributed by atoms with Crippen LogP contribution in [0.5, 0.6) is 0 Å². The lowest BCUT2D eigenvalue weighted by molar-refractivity contribution is -0.907.